The van der Waals surface area contributed by atoms with E-state index in [4.69, 9.17) is 0 Å². The number of H-pyrrole nitrogens is 1. The molecule has 2 heteroatoms. The van der Waals surface area contributed by atoms with Crippen LogP contribution in [0.4, 0.5) is 0 Å². The van der Waals surface area contributed by atoms with Gasteiger partial charge in [0.15, 0.2) is 0 Å². The van der Waals surface area contributed by atoms with Crippen LogP contribution in [-0.2, 0) is 6.42 Å². The maximum atomic E-state index is 3.59. The molecule has 0 radical (unpaired) electrons. The van der Waals surface area contributed by atoms with Gasteiger partial charge >= 0.3 is 0 Å². The summed E-state index contributed by atoms with van der Waals surface area (Å²) in [5.74, 6) is 0. The minimum atomic E-state index is 0.518. The van der Waals surface area contributed by atoms with Gasteiger partial charge in [-0.25, -0.2) is 0 Å². The third-order valence-electron chi connectivity index (χ3n) is 2.76. The molecule has 0 saturated carbocycles. The quantitative estimate of drug-likeness (QED) is 0.652. The van der Waals surface area contributed by atoms with Gasteiger partial charge in [0, 0.05) is 30.4 Å². The van der Waals surface area contributed by atoms with Gasteiger partial charge in [-0.2, -0.15) is 0 Å². The van der Waals surface area contributed by atoms with Gasteiger partial charge in [-0.1, -0.05) is 6.92 Å². The summed E-state index contributed by atoms with van der Waals surface area (Å²) in [4.78, 5) is 3.31. The van der Waals surface area contributed by atoms with Crippen LogP contribution in [-0.4, -0.2) is 11.0 Å². The van der Waals surface area contributed by atoms with E-state index in [0.29, 0.717) is 12.1 Å². The van der Waals surface area contributed by atoms with Crippen LogP contribution < -0.4 is 5.32 Å². The Hall–Kier alpha value is -0.760. The van der Waals surface area contributed by atoms with Gasteiger partial charge in [0.2, 0.25) is 0 Å². The Balaban J connectivity index is 2.26. The van der Waals surface area contributed by atoms with Crippen LogP contribution in [0.3, 0.4) is 0 Å². The minimum absolute atomic E-state index is 0.518. The van der Waals surface area contributed by atoms with Crippen molar-refractivity contribution >= 4 is 0 Å². The first-order chi connectivity index (χ1) is 5.81. The highest BCUT2D eigenvalue weighted by Gasteiger charge is 2.22. The second-order valence-electron chi connectivity index (χ2n) is 3.61. The Bertz CT molecular complexity index is 265. The van der Waals surface area contributed by atoms with Gasteiger partial charge in [-0.05, 0) is 25.0 Å². The zero-order chi connectivity index (χ0) is 8.55. The second kappa shape index (κ2) is 2.94. The Morgan fingerprint density at radius 3 is 3.17 bits per heavy atom. The molecule has 2 N–H and O–H groups in total. The highest BCUT2D eigenvalue weighted by atomic mass is 15.0. The summed E-state index contributed by atoms with van der Waals surface area (Å²) < 4.78 is 0. The van der Waals surface area contributed by atoms with Crippen LogP contribution in [0, 0.1) is 0 Å². The van der Waals surface area contributed by atoms with Crippen LogP contribution in [0.1, 0.15) is 37.6 Å². The van der Waals surface area contributed by atoms with E-state index in [9.17, 15) is 0 Å². The zero-order valence-electron chi connectivity index (χ0n) is 7.72. The minimum Gasteiger partial charge on any atom is -0.365 e. The van der Waals surface area contributed by atoms with Gasteiger partial charge in [0.05, 0.1) is 0 Å². The van der Waals surface area contributed by atoms with Crippen molar-refractivity contribution in [2.45, 2.75) is 38.8 Å². The van der Waals surface area contributed by atoms with Crippen LogP contribution in [0.5, 0.6) is 0 Å². The summed E-state index contributed by atoms with van der Waals surface area (Å²) in [6.45, 7) is 4.47. The average Bonchev–Trinajstić information content (AvgIpc) is 2.52. The van der Waals surface area contributed by atoms with Gasteiger partial charge in [0.1, 0.15) is 0 Å². The number of fused-ring (bicyclic) bond motifs is 1. The number of nitrogens with one attached hydrogen (secondary N) is 2. The standard InChI is InChI=1S/C10H16N2/c1-3-8-6-10-9(4-5-11-10)7(2)12-8/h4-5,7-8,11-12H,3,6H2,1-2H3/t7-,8-/m0/s1. The molecule has 0 aromatic carbocycles. The molecule has 0 spiro atoms. The van der Waals surface area contributed by atoms with E-state index in [-0.39, 0.29) is 0 Å². The van der Waals surface area contributed by atoms with Gasteiger partial charge in [-0.15, -0.1) is 0 Å². The monoisotopic (exact) mass is 164 g/mol. The van der Waals surface area contributed by atoms with Crippen LogP contribution in [0.25, 0.3) is 0 Å². The fourth-order valence-corrected chi connectivity index (χ4v) is 2.01. The number of aromatic nitrogens is 1. The summed E-state index contributed by atoms with van der Waals surface area (Å²) in [5, 5.41) is 3.59. The number of hydrogen-bond acceptors (Lipinski definition) is 1. The summed E-state index contributed by atoms with van der Waals surface area (Å²) in [6, 6.07) is 3.36. The highest BCUT2D eigenvalue weighted by molar-refractivity contribution is 5.27. The largest absolute Gasteiger partial charge is 0.365 e. The van der Waals surface area contributed by atoms with E-state index < -0.39 is 0 Å². The third kappa shape index (κ3) is 1.16. The molecule has 1 aliphatic heterocycles. The van der Waals surface area contributed by atoms with E-state index in [1.807, 2.05) is 6.20 Å². The smallest absolute Gasteiger partial charge is 0.0312 e. The molecular formula is C10H16N2. The lowest BCUT2D eigenvalue weighted by molar-refractivity contribution is 0.409. The molecule has 0 unspecified atom stereocenters. The molecule has 2 rings (SSSR count). The normalized spacial score (nSPS) is 28.5. The number of rotatable bonds is 1. The first-order valence-electron chi connectivity index (χ1n) is 4.73. The number of hydrogen-bond donors (Lipinski definition) is 2. The summed E-state index contributed by atoms with van der Waals surface area (Å²) in [7, 11) is 0. The van der Waals surface area contributed by atoms with Crippen molar-refractivity contribution in [2.75, 3.05) is 0 Å². The molecule has 1 aromatic heterocycles. The van der Waals surface area contributed by atoms with E-state index in [1.54, 1.807) is 0 Å². The summed E-state index contributed by atoms with van der Waals surface area (Å²) in [6.07, 6.45) is 4.41. The Morgan fingerprint density at radius 1 is 1.58 bits per heavy atom. The molecule has 0 bridgehead atoms. The van der Waals surface area contributed by atoms with Gasteiger partial charge < -0.3 is 10.3 Å². The van der Waals surface area contributed by atoms with Crippen LogP contribution in [0.2, 0.25) is 0 Å². The predicted molar refractivity (Wildman–Crippen MR) is 50.1 cm³/mol. The molecule has 1 aliphatic rings. The predicted octanol–water partition coefficient (Wildman–Crippen LogP) is 2.00. The van der Waals surface area contributed by atoms with Gasteiger partial charge in [-0.3, -0.25) is 0 Å². The van der Waals surface area contributed by atoms with Crippen molar-refractivity contribution in [1.82, 2.24) is 10.3 Å². The Kier molecular flexibility index (Phi) is 1.93. The molecule has 66 valence electrons. The first kappa shape index (κ1) is 7.87. The van der Waals surface area contributed by atoms with E-state index in [1.165, 1.54) is 17.7 Å². The third-order valence-corrected chi connectivity index (χ3v) is 2.76. The molecule has 0 saturated heterocycles. The average molecular weight is 164 g/mol. The molecular weight excluding hydrogens is 148 g/mol. The molecule has 12 heavy (non-hydrogen) atoms. The van der Waals surface area contributed by atoms with Gasteiger partial charge in [0.25, 0.3) is 0 Å². The molecule has 0 fully saturated rings. The van der Waals surface area contributed by atoms with Crippen molar-refractivity contribution < 1.29 is 0 Å². The molecule has 0 amide bonds. The highest BCUT2D eigenvalue weighted by Crippen LogP contribution is 2.24. The van der Waals surface area contributed by atoms with E-state index in [0.717, 1.165) is 6.42 Å². The fraction of sp³-hybridized carbons (Fsp3) is 0.600. The molecule has 2 nitrogen and oxygen atoms in total. The van der Waals surface area contributed by atoms with Crippen molar-refractivity contribution in [3.63, 3.8) is 0 Å². The van der Waals surface area contributed by atoms with Crippen molar-refractivity contribution in [3.05, 3.63) is 23.5 Å². The molecule has 0 aliphatic carbocycles. The van der Waals surface area contributed by atoms with Crippen molar-refractivity contribution in [2.24, 2.45) is 0 Å². The summed E-state index contributed by atoms with van der Waals surface area (Å²) >= 11 is 0. The molecule has 2 heterocycles. The lowest BCUT2D eigenvalue weighted by atomic mass is 9.96. The Morgan fingerprint density at radius 2 is 2.42 bits per heavy atom. The maximum Gasteiger partial charge on any atom is 0.0312 e. The summed E-state index contributed by atoms with van der Waals surface area (Å²) in [5.41, 5.74) is 2.87. The van der Waals surface area contributed by atoms with E-state index in [2.05, 4.69) is 30.2 Å². The maximum absolute atomic E-state index is 3.59. The molecule has 1 aromatic rings. The SMILES string of the molecule is CC[C@H]1Cc2[nH]ccc2[C@H](C)N1. The first-order valence-corrected chi connectivity index (χ1v) is 4.73. The lowest BCUT2D eigenvalue weighted by Gasteiger charge is -2.28. The Labute approximate surface area is 73.4 Å². The van der Waals surface area contributed by atoms with E-state index >= 15 is 0 Å². The fourth-order valence-electron chi connectivity index (χ4n) is 2.01. The van der Waals surface area contributed by atoms with Crippen molar-refractivity contribution in [1.29, 1.82) is 0 Å². The van der Waals surface area contributed by atoms with Crippen LogP contribution >= 0.6 is 0 Å². The second-order valence-corrected chi connectivity index (χ2v) is 3.61. The topological polar surface area (TPSA) is 27.8 Å². The van der Waals surface area contributed by atoms with Crippen LogP contribution in [0.15, 0.2) is 12.3 Å². The zero-order valence-corrected chi connectivity index (χ0v) is 7.72. The number of aromatic amines is 1. The molecule has 2 atom stereocenters. The lowest BCUT2D eigenvalue weighted by Crippen LogP contribution is -2.37. The van der Waals surface area contributed by atoms with Crippen molar-refractivity contribution in [3.8, 4) is 0 Å².